The molecule has 6 nitrogen and oxygen atoms in total. The lowest BCUT2D eigenvalue weighted by Gasteiger charge is -2.18. The summed E-state index contributed by atoms with van der Waals surface area (Å²) < 4.78 is 5.82. The molecule has 5 aliphatic rings. The number of thiophene rings is 1. The lowest BCUT2D eigenvalue weighted by molar-refractivity contribution is -0.124. The van der Waals surface area contributed by atoms with Crippen LogP contribution in [-0.4, -0.2) is 36.0 Å². The zero-order valence-corrected chi connectivity index (χ0v) is 15.1. The van der Waals surface area contributed by atoms with Crippen LogP contribution in [0.1, 0.15) is 52.9 Å². The van der Waals surface area contributed by atoms with Crippen molar-refractivity contribution in [1.82, 2.24) is 5.32 Å². The van der Waals surface area contributed by atoms with Gasteiger partial charge in [-0.25, -0.2) is 4.90 Å². The van der Waals surface area contributed by atoms with E-state index >= 15 is 0 Å². The van der Waals surface area contributed by atoms with Crippen LogP contribution < -0.4 is 10.2 Å². The minimum atomic E-state index is -0.350. The SMILES string of the molecule is O=C(NC1CC1)c1c(N2C(=O)[C@@H]3[C@H](C2=O)[C@@H]2CC[C@H]3O2)sc2c1CCC2. The maximum Gasteiger partial charge on any atom is 0.254 e. The monoisotopic (exact) mass is 372 g/mol. The Balaban J connectivity index is 1.43. The fourth-order valence-electron chi connectivity index (χ4n) is 5.18. The van der Waals surface area contributed by atoms with Gasteiger partial charge in [0.25, 0.3) is 5.91 Å². The maximum atomic E-state index is 13.1. The van der Waals surface area contributed by atoms with Gasteiger partial charge in [0.15, 0.2) is 0 Å². The summed E-state index contributed by atoms with van der Waals surface area (Å²) >= 11 is 1.47. The number of amides is 3. The number of nitrogens with one attached hydrogen (secondary N) is 1. The molecular weight excluding hydrogens is 352 g/mol. The van der Waals surface area contributed by atoms with E-state index in [0.717, 1.165) is 55.4 Å². The summed E-state index contributed by atoms with van der Waals surface area (Å²) in [5.74, 6) is -1.13. The lowest BCUT2D eigenvalue weighted by atomic mass is 9.81. The number of nitrogens with zero attached hydrogens (tertiary/aromatic N) is 1. The molecule has 0 aromatic carbocycles. The highest BCUT2D eigenvalue weighted by atomic mass is 32.1. The first kappa shape index (κ1) is 15.3. The molecule has 4 fully saturated rings. The maximum absolute atomic E-state index is 13.1. The van der Waals surface area contributed by atoms with Crippen molar-refractivity contribution < 1.29 is 19.1 Å². The predicted octanol–water partition coefficient (Wildman–Crippen LogP) is 1.80. The van der Waals surface area contributed by atoms with Crippen LogP contribution in [0.25, 0.3) is 0 Å². The molecular formula is C19H20N2O4S. The first-order valence-corrected chi connectivity index (χ1v) is 10.4. The summed E-state index contributed by atoms with van der Waals surface area (Å²) in [7, 11) is 0. The van der Waals surface area contributed by atoms with Crippen molar-refractivity contribution >= 4 is 34.1 Å². The number of hydrogen-bond donors (Lipinski definition) is 1. The highest BCUT2D eigenvalue weighted by Gasteiger charge is 2.63. The Kier molecular flexibility index (Phi) is 3.05. The van der Waals surface area contributed by atoms with Crippen molar-refractivity contribution in [3.63, 3.8) is 0 Å². The van der Waals surface area contributed by atoms with Gasteiger partial charge in [0, 0.05) is 10.9 Å². The van der Waals surface area contributed by atoms with E-state index in [4.69, 9.17) is 4.74 Å². The van der Waals surface area contributed by atoms with E-state index in [1.165, 1.54) is 16.2 Å². The molecule has 0 spiro atoms. The fraction of sp³-hybridized carbons (Fsp3) is 0.632. The quantitative estimate of drug-likeness (QED) is 0.821. The molecule has 3 amide bonds. The van der Waals surface area contributed by atoms with Crippen molar-refractivity contribution in [1.29, 1.82) is 0 Å². The van der Waals surface area contributed by atoms with Gasteiger partial charge in [-0.1, -0.05) is 0 Å². The summed E-state index contributed by atoms with van der Waals surface area (Å²) in [6, 6.07) is 0.251. The predicted molar refractivity (Wildman–Crippen MR) is 94.2 cm³/mol. The highest BCUT2D eigenvalue weighted by Crippen LogP contribution is 2.52. The molecule has 1 aromatic rings. The third-order valence-electron chi connectivity index (χ3n) is 6.53. The van der Waals surface area contributed by atoms with E-state index in [1.807, 2.05) is 0 Å². The second-order valence-electron chi connectivity index (χ2n) is 8.14. The van der Waals surface area contributed by atoms with Crippen LogP contribution in [0, 0.1) is 11.8 Å². The minimum Gasteiger partial charge on any atom is -0.373 e. The number of hydrogen-bond acceptors (Lipinski definition) is 5. The van der Waals surface area contributed by atoms with Crippen LogP contribution >= 0.6 is 11.3 Å². The molecule has 4 atom stereocenters. The first-order chi connectivity index (χ1) is 12.6. The second-order valence-corrected chi connectivity index (χ2v) is 9.22. The smallest absolute Gasteiger partial charge is 0.254 e. The zero-order chi connectivity index (χ0) is 17.6. The molecule has 4 heterocycles. The summed E-state index contributed by atoms with van der Waals surface area (Å²) in [5, 5.41) is 3.62. The third-order valence-corrected chi connectivity index (χ3v) is 7.81. The van der Waals surface area contributed by atoms with E-state index in [-0.39, 0.29) is 47.8 Å². The van der Waals surface area contributed by atoms with Gasteiger partial charge < -0.3 is 10.1 Å². The van der Waals surface area contributed by atoms with Gasteiger partial charge in [-0.3, -0.25) is 14.4 Å². The number of ether oxygens (including phenoxy) is 1. The van der Waals surface area contributed by atoms with Crippen molar-refractivity contribution in [2.24, 2.45) is 11.8 Å². The molecule has 3 aliphatic heterocycles. The number of carbonyl (C=O) groups excluding carboxylic acids is 3. The van der Waals surface area contributed by atoms with Crippen molar-refractivity contribution in [3.8, 4) is 0 Å². The van der Waals surface area contributed by atoms with Gasteiger partial charge in [-0.2, -0.15) is 0 Å². The molecule has 136 valence electrons. The first-order valence-electron chi connectivity index (χ1n) is 9.62. The number of aryl methyl sites for hydroxylation is 1. The molecule has 1 aromatic heterocycles. The number of rotatable bonds is 3. The van der Waals surface area contributed by atoms with Crippen LogP contribution in [0.5, 0.6) is 0 Å². The number of imide groups is 1. The Morgan fingerprint density at radius 1 is 1.04 bits per heavy atom. The molecule has 3 saturated heterocycles. The Morgan fingerprint density at radius 3 is 2.38 bits per heavy atom. The molecule has 26 heavy (non-hydrogen) atoms. The van der Waals surface area contributed by atoms with Crippen molar-refractivity contribution in [3.05, 3.63) is 16.0 Å². The average molecular weight is 372 g/mol. The summed E-state index contributed by atoms with van der Waals surface area (Å²) in [6.07, 6.45) is 6.32. The van der Waals surface area contributed by atoms with Gasteiger partial charge in [0.2, 0.25) is 11.8 Å². The van der Waals surface area contributed by atoms with E-state index in [1.54, 1.807) is 0 Å². The zero-order valence-electron chi connectivity index (χ0n) is 14.3. The molecule has 2 aliphatic carbocycles. The standard InChI is InChI=1S/C19H20N2O4S/c22-16(20-8-4-5-8)13-9-2-1-3-12(9)26-19(13)21-17(23)14-10-6-7-11(25-10)15(14)18(21)24/h8,10-11,14-15H,1-7H2,(H,20,22)/t10-,11+,14+,15-. The topological polar surface area (TPSA) is 75.7 Å². The van der Waals surface area contributed by atoms with E-state index in [9.17, 15) is 14.4 Å². The second kappa shape index (κ2) is 5.16. The third kappa shape index (κ3) is 1.93. The fourth-order valence-corrected chi connectivity index (χ4v) is 6.58. The summed E-state index contributed by atoms with van der Waals surface area (Å²) in [4.78, 5) is 41.7. The molecule has 6 rings (SSSR count). The average Bonchev–Trinajstić information content (AvgIpc) is 3.04. The normalized spacial score (nSPS) is 34.5. The lowest BCUT2D eigenvalue weighted by Crippen LogP contribution is -2.36. The van der Waals surface area contributed by atoms with Crippen molar-refractivity contribution in [2.45, 2.75) is 63.2 Å². The van der Waals surface area contributed by atoms with E-state index < -0.39 is 0 Å². The summed E-state index contributed by atoms with van der Waals surface area (Å²) in [6.45, 7) is 0. The van der Waals surface area contributed by atoms with Gasteiger partial charge in [-0.15, -0.1) is 11.3 Å². The summed E-state index contributed by atoms with van der Waals surface area (Å²) in [5.41, 5.74) is 1.64. The Bertz CT molecular complexity index is 830. The molecule has 7 heteroatoms. The van der Waals surface area contributed by atoms with Crippen LogP contribution in [0.15, 0.2) is 0 Å². The highest BCUT2D eigenvalue weighted by molar-refractivity contribution is 7.17. The van der Waals surface area contributed by atoms with Crippen LogP contribution in [0.4, 0.5) is 5.00 Å². The largest absolute Gasteiger partial charge is 0.373 e. The van der Waals surface area contributed by atoms with Gasteiger partial charge >= 0.3 is 0 Å². The van der Waals surface area contributed by atoms with Crippen LogP contribution in [0.2, 0.25) is 0 Å². The Hall–Kier alpha value is -1.73. The Labute approximate surface area is 154 Å². The van der Waals surface area contributed by atoms with Crippen molar-refractivity contribution in [2.75, 3.05) is 4.90 Å². The van der Waals surface area contributed by atoms with Crippen LogP contribution in [-0.2, 0) is 27.2 Å². The number of carbonyl (C=O) groups is 3. The number of fused-ring (bicyclic) bond motifs is 6. The molecule has 0 radical (unpaired) electrons. The van der Waals surface area contributed by atoms with Crippen LogP contribution in [0.3, 0.4) is 0 Å². The van der Waals surface area contributed by atoms with E-state index in [2.05, 4.69) is 5.32 Å². The van der Waals surface area contributed by atoms with Gasteiger partial charge in [-0.05, 0) is 50.5 Å². The molecule has 2 bridgehead atoms. The molecule has 0 unspecified atom stereocenters. The Morgan fingerprint density at radius 2 is 1.73 bits per heavy atom. The molecule has 1 N–H and O–H groups in total. The van der Waals surface area contributed by atoms with E-state index in [0.29, 0.717) is 10.6 Å². The minimum absolute atomic E-state index is 0.112. The van der Waals surface area contributed by atoms with Gasteiger partial charge in [0.1, 0.15) is 5.00 Å². The molecule has 1 saturated carbocycles. The van der Waals surface area contributed by atoms with Gasteiger partial charge in [0.05, 0.1) is 29.6 Å². The number of anilines is 1.